The van der Waals surface area contributed by atoms with Gasteiger partial charge in [-0.3, -0.25) is 9.69 Å². The number of nitrogens with one attached hydrogen (secondary N) is 1. The summed E-state index contributed by atoms with van der Waals surface area (Å²) < 4.78 is 3.16. The Bertz CT molecular complexity index is 722. The summed E-state index contributed by atoms with van der Waals surface area (Å²) in [6.45, 7) is 7.32. The molecule has 0 saturated carbocycles. The van der Waals surface area contributed by atoms with Crippen LogP contribution < -0.4 is 5.32 Å². The van der Waals surface area contributed by atoms with E-state index >= 15 is 0 Å². The van der Waals surface area contributed by atoms with Crippen molar-refractivity contribution in [2.24, 2.45) is 0 Å². The highest BCUT2D eigenvalue weighted by Gasteiger charge is 2.25. The van der Waals surface area contributed by atoms with E-state index < -0.39 is 0 Å². The molecule has 1 aromatic carbocycles. The van der Waals surface area contributed by atoms with Crippen LogP contribution in [0.4, 0.5) is 0 Å². The first-order chi connectivity index (χ1) is 12.6. The number of nitrogens with zero attached hydrogens (tertiary/aromatic N) is 4. The van der Waals surface area contributed by atoms with E-state index in [1.165, 1.54) is 0 Å². The molecular formula is C19H26BrN5O. The number of hydrogen-bond acceptors (Lipinski definition) is 4. The van der Waals surface area contributed by atoms with Gasteiger partial charge in [0.25, 0.3) is 0 Å². The number of rotatable bonds is 6. The maximum absolute atomic E-state index is 12.4. The molecule has 1 saturated heterocycles. The van der Waals surface area contributed by atoms with Gasteiger partial charge < -0.3 is 9.88 Å². The standard InChI is InChI=1S/C19H26BrN5O/c1-3-25-13-21-23-19(25)16-8-10-24(11-9-16)12-18(26)22-14(2)15-4-6-17(20)7-5-15/h4-7,13-14,16H,3,8-12H2,1-2H3,(H,22,26)/t14-/m1/s1. The predicted octanol–water partition coefficient (Wildman–Crippen LogP) is 3.12. The van der Waals surface area contributed by atoms with Gasteiger partial charge in [-0.05, 0) is 57.5 Å². The van der Waals surface area contributed by atoms with Crippen LogP contribution in [0.15, 0.2) is 35.1 Å². The zero-order chi connectivity index (χ0) is 18.5. The second-order valence-corrected chi connectivity index (χ2v) is 7.78. The Morgan fingerprint density at radius 1 is 1.31 bits per heavy atom. The second-order valence-electron chi connectivity index (χ2n) is 6.87. The summed E-state index contributed by atoms with van der Waals surface area (Å²) >= 11 is 3.44. The third-order valence-electron chi connectivity index (χ3n) is 5.05. The van der Waals surface area contributed by atoms with Crippen molar-refractivity contribution in [3.05, 3.63) is 46.5 Å². The van der Waals surface area contributed by atoms with Crippen molar-refractivity contribution < 1.29 is 4.79 Å². The number of amides is 1. The third-order valence-corrected chi connectivity index (χ3v) is 5.58. The van der Waals surface area contributed by atoms with Crippen LogP contribution in [0.5, 0.6) is 0 Å². The van der Waals surface area contributed by atoms with Crippen molar-refractivity contribution >= 4 is 21.8 Å². The Labute approximate surface area is 163 Å². The molecule has 1 N–H and O–H groups in total. The van der Waals surface area contributed by atoms with E-state index in [-0.39, 0.29) is 11.9 Å². The van der Waals surface area contributed by atoms with E-state index in [0.717, 1.165) is 48.3 Å². The Morgan fingerprint density at radius 2 is 2.00 bits per heavy atom. The predicted molar refractivity (Wildman–Crippen MR) is 105 cm³/mol. The fourth-order valence-corrected chi connectivity index (χ4v) is 3.76. The van der Waals surface area contributed by atoms with Crippen LogP contribution in [0, 0.1) is 0 Å². The number of carbonyl (C=O) groups excluding carboxylic acids is 1. The van der Waals surface area contributed by atoms with E-state index in [0.29, 0.717) is 12.5 Å². The third kappa shape index (κ3) is 4.71. The molecule has 2 aromatic rings. The van der Waals surface area contributed by atoms with E-state index in [4.69, 9.17) is 0 Å². The SMILES string of the molecule is CCn1cnnc1C1CCN(CC(=O)N[C@H](C)c2ccc(Br)cc2)CC1. The average molecular weight is 420 g/mol. The number of carbonyl (C=O) groups is 1. The summed E-state index contributed by atoms with van der Waals surface area (Å²) in [5.41, 5.74) is 1.11. The second kappa shape index (κ2) is 8.77. The van der Waals surface area contributed by atoms with E-state index in [1.54, 1.807) is 6.33 Å². The molecule has 0 radical (unpaired) electrons. The Kier molecular flexibility index (Phi) is 6.43. The van der Waals surface area contributed by atoms with Crippen molar-refractivity contribution in [2.75, 3.05) is 19.6 Å². The zero-order valence-corrected chi connectivity index (χ0v) is 16.9. The number of piperidine rings is 1. The summed E-state index contributed by atoms with van der Waals surface area (Å²) in [5, 5.41) is 11.4. The molecule has 26 heavy (non-hydrogen) atoms. The van der Waals surface area contributed by atoms with Crippen LogP contribution in [0.2, 0.25) is 0 Å². The minimum atomic E-state index is 0.0104. The fraction of sp³-hybridized carbons (Fsp3) is 0.526. The molecule has 0 bridgehead atoms. The monoisotopic (exact) mass is 419 g/mol. The largest absolute Gasteiger partial charge is 0.348 e. The number of halogens is 1. The number of aryl methyl sites for hydroxylation is 1. The number of likely N-dealkylation sites (tertiary alicyclic amines) is 1. The Morgan fingerprint density at radius 3 is 2.65 bits per heavy atom. The molecule has 1 aromatic heterocycles. The smallest absolute Gasteiger partial charge is 0.234 e. The van der Waals surface area contributed by atoms with Crippen molar-refractivity contribution in [3.63, 3.8) is 0 Å². The van der Waals surface area contributed by atoms with Crippen molar-refractivity contribution in [1.82, 2.24) is 25.0 Å². The average Bonchev–Trinajstić information content (AvgIpc) is 3.11. The molecule has 0 aliphatic carbocycles. The van der Waals surface area contributed by atoms with Gasteiger partial charge in [-0.1, -0.05) is 28.1 Å². The molecule has 1 atom stereocenters. The molecule has 0 unspecified atom stereocenters. The molecule has 6 nitrogen and oxygen atoms in total. The summed E-state index contributed by atoms with van der Waals surface area (Å²) in [4.78, 5) is 14.6. The van der Waals surface area contributed by atoms with Gasteiger partial charge in [0.2, 0.25) is 5.91 Å². The van der Waals surface area contributed by atoms with Crippen molar-refractivity contribution in [1.29, 1.82) is 0 Å². The van der Waals surface area contributed by atoms with E-state index in [2.05, 4.69) is 47.8 Å². The lowest BCUT2D eigenvalue weighted by Gasteiger charge is -2.31. The fourth-order valence-electron chi connectivity index (χ4n) is 3.50. The first kappa shape index (κ1) is 19.0. The molecule has 1 fully saturated rings. The first-order valence-corrected chi connectivity index (χ1v) is 10.0. The highest BCUT2D eigenvalue weighted by Crippen LogP contribution is 2.26. The first-order valence-electron chi connectivity index (χ1n) is 9.21. The zero-order valence-electron chi connectivity index (χ0n) is 15.4. The van der Waals surface area contributed by atoms with Gasteiger partial charge in [-0.2, -0.15) is 0 Å². The number of aromatic nitrogens is 3. The lowest BCUT2D eigenvalue weighted by atomic mass is 9.96. The topological polar surface area (TPSA) is 63.1 Å². The molecule has 1 aliphatic rings. The number of hydrogen-bond donors (Lipinski definition) is 1. The summed E-state index contributed by atoms with van der Waals surface area (Å²) in [6.07, 6.45) is 3.85. The quantitative estimate of drug-likeness (QED) is 0.780. The lowest BCUT2D eigenvalue weighted by Crippen LogP contribution is -2.42. The normalized spacial score (nSPS) is 17.2. The molecule has 140 valence electrons. The molecule has 1 aliphatic heterocycles. The van der Waals surface area contributed by atoms with Crippen molar-refractivity contribution in [3.8, 4) is 0 Å². The van der Waals surface area contributed by atoms with Gasteiger partial charge in [-0.25, -0.2) is 0 Å². The molecule has 1 amide bonds. The van der Waals surface area contributed by atoms with Crippen LogP contribution in [-0.2, 0) is 11.3 Å². The molecular weight excluding hydrogens is 394 g/mol. The minimum Gasteiger partial charge on any atom is -0.348 e. The van der Waals surface area contributed by atoms with Gasteiger partial charge in [0, 0.05) is 16.9 Å². The van der Waals surface area contributed by atoms with Crippen LogP contribution >= 0.6 is 15.9 Å². The Balaban J connectivity index is 1.46. The van der Waals surface area contributed by atoms with Crippen LogP contribution in [-0.4, -0.2) is 45.2 Å². The van der Waals surface area contributed by atoms with Crippen LogP contribution in [0.25, 0.3) is 0 Å². The van der Waals surface area contributed by atoms with Crippen LogP contribution in [0.3, 0.4) is 0 Å². The Hall–Kier alpha value is -1.73. The van der Waals surface area contributed by atoms with E-state index in [1.807, 2.05) is 31.2 Å². The van der Waals surface area contributed by atoms with Gasteiger partial charge in [0.1, 0.15) is 12.2 Å². The highest BCUT2D eigenvalue weighted by atomic mass is 79.9. The summed E-state index contributed by atoms with van der Waals surface area (Å²) in [5.74, 6) is 1.61. The van der Waals surface area contributed by atoms with Crippen LogP contribution in [0.1, 0.15) is 50.0 Å². The lowest BCUT2D eigenvalue weighted by molar-refractivity contribution is -0.123. The van der Waals surface area contributed by atoms with Gasteiger partial charge >= 0.3 is 0 Å². The summed E-state index contributed by atoms with van der Waals surface area (Å²) in [7, 11) is 0. The molecule has 0 spiro atoms. The highest BCUT2D eigenvalue weighted by molar-refractivity contribution is 9.10. The summed E-state index contributed by atoms with van der Waals surface area (Å²) in [6, 6.07) is 8.07. The van der Waals surface area contributed by atoms with Crippen molar-refractivity contribution in [2.45, 2.75) is 45.2 Å². The van der Waals surface area contributed by atoms with Gasteiger partial charge in [0.05, 0.1) is 12.6 Å². The number of benzene rings is 1. The maximum Gasteiger partial charge on any atom is 0.234 e. The van der Waals surface area contributed by atoms with Gasteiger partial charge in [-0.15, -0.1) is 10.2 Å². The van der Waals surface area contributed by atoms with Gasteiger partial charge in [0.15, 0.2) is 0 Å². The minimum absolute atomic E-state index is 0.0104. The molecule has 7 heteroatoms. The molecule has 3 rings (SSSR count). The molecule has 2 heterocycles. The van der Waals surface area contributed by atoms with E-state index in [9.17, 15) is 4.79 Å². The maximum atomic E-state index is 12.4.